The lowest BCUT2D eigenvalue weighted by Gasteiger charge is -2.29. The average Bonchev–Trinajstić information content (AvgIpc) is 2.62. The highest BCUT2D eigenvalue weighted by molar-refractivity contribution is 5.39. The summed E-state index contributed by atoms with van der Waals surface area (Å²) in [6.45, 7) is 9.41. The maximum atomic E-state index is 10.3. The van der Waals surface area contributed by atoms with Crippen LogP contribution in [-0.4, -0.2) is 29.0 Å². The third-order valence-electron chi connectivity index (χ3n) is 5.27. The second-order valence-corrected chi connectivity index (χ2v) is 9.21. The van der Waals surface area contributed by atoms with Gasteiger partial charge in [-0.05, 0) is 49.1 Å². The van der Waals surface area contributed by atoms with Gasteiger partial charge in [-0.1, -0.05) is 65.9 Å². The quantitative estimate of drug-likeness (QED) is 0.347. The smallest absolute Gasteiger partial charge is 0.122 e. The Morgan fingerprint density at radius 3 is 2.29 bits per heavy atom. The molecule has 0 aliphatic rings. The van der Waals surface area contributed by atoms with Gasteiger partial charge >= 0.3 is 0 Å². The molecule has 1 aromatic rings. The van der Waals surface area contributed by atoms with Gasteiger partial charge in [0.1, 0.15) is 11.5 Å². The zero-order valence-corrected chi connectivity index (χ0v) is 18.5. The summed E-state index contributed by atoms with van der Waals surface area (Å²) in [5, 5.41) is 19.9. The van der Waals surface area contributed by atoms with Gasteiger partial charge in [0.25, 0.3) is 0 Å². The number of phenolic OH excluding ortho intramolecular Hbond substituents is 1. The number of hydrogen-bond acceptors (Lipinski definition) is 4. The van der Waals surface area contributed by atoms with E-state index in [0.29, 0.717) is 31.1 Å². The van der Waals surface area contributed by atoms with Gasteiger partial charge in [-0.15, -0.1) is 0 Å². The third kappa shape index (κ3) is 10.3. The Morgan fingerprint density at radius 2 is 1.68 bits per heavy atom. The maximum absolute atomic E-state index is 10.3. The zero-order valence-electron chi connectivity index (χ0n) is 18.5. The highest BCUT2D eigenvalue weighted by atomic mass is 16.5. The molecule has 0 spiro atoms. The molecule has 0 aromatic heterocycles. The van der Waals surface area contributed by atoms with Crippen LogP contribution in [0, 0.1) is 11.8 Å². The van der Waals surface area contributed by atoms with E-state index in [4.69, 9.17) is 10.5 Å². The van der Waals surface area contributed by atoms with Crippen molar-refractivity contribution in [2.24, 2.45) is 17.6 Å². The highest BCUT2D eigenvalue weighted by Crippen LogP contribution is 2.27. The summed E-state index contributed by atoms with van der Waals surface area (Å²) >= 11 is 0. The van der Waals surface area contributed by atoms with Crippen molar-refractivity contribution in [3.05, 3.63) is 23.8 Å². The molecule has 4 nitrogen and oxygen atoms in total. The second-order valence-electron chi connectivity index (χ2n) is 9.21. The Labute approximate surface area is 172 Å². The number of nitrogens with two attached hydrogens (primary N) is 1. The summed E-state index contributed by atoms with van der Waals surface area (Å²) < 4.78 is 5.78. The van der Waals surface area contributed by atoms with E-state index in [1.807, 2.05) is 12.1 Å². The van der Waals surface area contributed by atoms with Gasteiger partial charge in [0.2, 0.25) is 0 Å². The molecule has 0 aliphatic carbocycles. The molecule has 0 saturated carbocycles. The number of aryl methyl sites for hydroxylation is 1. The number of unbranched alkanes of at least 4 members (excludes halogenated alkanes) is 4. The number of aromatic hydroxyl groups is 1. The summed E-state index contributed by atoms with van der Waals surface area (Å²) in [5.41, 5.74) is 6.57. The predicted molar refractivity (Wildman–Crippen MR) is 118 cm³/mol. The Bertz CT molecular complexity index is 545. The first kappa shape index (κ1) is 24.8. The van der Waals surface area contributed by atoms with E-state index < -0.39 is 5.54 Å². The van der Waals surface area contributed by atoms with Gasteiger partial charge in [-0.3, -0.25) is 0 Å². The van der Waals surface area contributed by atoms with Crippen LogP contribution in [0.25, 0.3) is 0 Å². The molecule has 28 heavy (non-hydrogen) atoms. The number of phenols is 1. The molecule has 162 valence electrons. The van der Waals surface area contributed by atoms with Gasteiger partial charge in [0.05, 0.1) is 13.2 Å². The summed E-state index contributed by atoms with van der Waals surface area (Å²) in [6.07, 6.45) is 9.52. The van der Waals surface area contributed by atoms with E-state index in [2.05, 4.69) is 27.7 Å². The van der Waals surface area contributed by atoms with Crippen LogP contribution >= 0.6 is 0 Å². The molecule has 1 rings (SSSR count). The Hall–Kier alpha value is -1.26. The van der Waals surface area contributed by atoms with Crippen LogP contribution in [0.5, 0.6) is 11.5 Å². The molecule has 0 fully saturated rings. The van der Waals surface area contributed by atoms with Crippen LogP contribution in [0.1, 0.15) is 84.6 Å². The lowest BCUT2D eigenvalue weighted by molar-refractivity contribution is 0.165. The predicted octanol–water partition coefficient (Wildman–Crippen LogP) is 5.44. The zero-order chi connectivity index (χ0) is 21.0. The van der Waals surface area contributed by atoms with E-state index in [-0.39, 0.29) is 12.4 Å². The van der Waals surface area contributed by atoms with Gasteiger partial charge in [-0.25, -0.2) is 0 Å². The van der Waals surface area contributed by atoms with Crippen molar-refractivity contribution >= 4 is 0 Å². The standard InChI is InChI=1S/C24H43NO3/c1-19(2)10-8-6-5-7-9-15-28-22-12-11-21(23(27)16-22)13-14-24(25,18-26)17-20(3)4/h11-12,16,19-20,26-27H,5-10,13-15,17-18,25H2,1-4H3. The molecule has 0 radical (unpaired) electrons. The molecule has 0 saturated heterocycles. The van der Waals surface area contributed by atoms with Crippen LogP contribution in [0.2, 0.25) is 0 Å². The summed E-state index contributed by atoms with van der Waals surface area (Å²) in [4.78, 5) is 0. The van der Waals surface area contributed by atoms with Gasteiger partial charge < -0.3 is 20.7 Å². The van der Waals surface area contributed by atoms with Crippen molar-refractivity contribution in [3.63, 3.8) is 0 Å². The van der Waals surface area contributed by atoms with E-state index in [0.717, 1.165) is 24.3 Å². The molecular weight excluding hydrogens is 350 g/mol. The molecule has 0 heterocycles. The van der Waals surface area contributed by atoms with E-state index in [1.165, 1.54) is 32.1 Å². The maximum Gasteiger partial charge on any atom is 0.122 e. The SMILES string of the molecule is CC(C)CCCCCCCOc1ccc(CCC(N)(CO)CC(C)C)c(O)c1. The number of hydrogen-bond donors (Lipinski definition) is 3. The Balaban J connectivity index is 2.33. The first-order valence-electron chi connectivity index (χ1n) is 11.1. The van der Waals surface area contributed by atoms with Crippen molar-refractivity contribution in [1.82, 2.24) is 0 Å². The Morgan fingerprint density at radius 1 is 1.00 bits per heavy atom. The number of benzene rings is 1. The highest BCUT2D eigenvalue weighted by Gasteiger charge is 2.25. The minimum atomic E-state index is -0.592. The molecule has 1 aromatic carbocycles. The van der Waals surface area contributed by atoms with Crippen molar-refractivity contribution in [2.75, 3.05) is 13.2 Å². The van der Waals surface area contributed by atoms with Crippen LogP contribution in [0.3, 0.4) is 0 Å². The average molecular weight is 394 g/mol. The first-order chi connectivity index (χ1) is 13.3. The van der Waals surface area contributed by atoms with Crippen molar-refractivity contribution in [3.8, 4) is 11.5 Å². The molecular formula is C24H43NO3. The second kappa shape index (κ2) is 13.1. The molecule has 1 atom stereocenters. The van der Waals surface area contributed by atoms with Crippen LogP contribution < -0.4 is 10.5 Å². The first-order valence-corrected chi connectivity index (χ1v) is 11.1. The minimum absolute atomic E-state index is 0.0371. The van der Waals surface area contributed by atoms with Gasteiger partial charge in [0, 0.05) is 11.6 Å². The van der Waals surface area contributed by atoms with Crippen molar-refractivity contribution < 1.29 is 14.9 Å². The number of rotatable bonds is 15. The molecule has 0 amide bonds. The van der Waals surface area contributed by atoms with Crippen LogP contribution in [0.4, 0.5) is 0 Å². The van der Waals surface area contributed by atoms with Crippen LogP contribution in [-0.2, 0) is 6.42 Å². The van der Waals surface area contributed by atoms with Gasteiger partial charge in [0.15, 0.2) is 0 Å². The molecule has 4 heteroatoms. The number of ether oxygens (including phenoxy) is 1. The Kier molecular flexibility index (Phi) is 11.6. The lowest BCUT2D eigenvalue weighted by Crippen LogP contribution is -2.45. The topological polar surface area (TPSA) is 75.7 Å². The van der Waals surface area contributed by atoms with E-state index in [9.17, 15) is 10.2 Å². The van der Waals surface area contributed by atoms with E-state index >= 15 is 0 Å². The summed E-state index contributed by atoms with van der Waals surface area (Å²) in [7, 11) is 0. The summed E-state index contributed by atoms with van der Waals surface area (Å²) in [6, 6.07) is 5.51. The fraction of sp³-hybridized carbons (Fsp3) is 0.750. The number of aliphatic hydroxyl groups excluding tert-OH is 1. The van der Waals surface area contributed by atoms with Crippen LogP contribution in [0.15, 0.2) is 18.2 Å². The molecule has 0 aliphatic heterocycles. The number of aliphatic hydroxyl groups is 1. The van der Waals surface area contributed by atoms with Crippen molar-refractivity contribution in [2.45, 2.75) is 91.0 Å². The monoisotopic (exact) mass is 393 g/mol. The lowest BCUT2D eigenvalue weighted by atomic mass is 9.85. The fourth-order valence-corrected chi connectivity index (χ4v) is 3.66. The third-order valence-corrected chi connectivity index (χ3v) is 5.27. The van der Waals surface area contributed by atoms with E-state index in [1.54, 1.807) is 6.07 Å². The van der Waals surface area contributed by atoms with Gasteiger partial charge in [-0.2, -0.15) is 0 Å². The molecule has 4 N–H and O–H groups in total. The van der Waals surface area contributed by atoms with Crippen molar-refractivity contribution in [1.29, 1.82) is 0 Å². The minimum Gasteiger partial charge on any atom is -0.508 e. The molecule has 0 bridgehead atoms. The molecule has 1 unspecified atom stereocenters. The normalized spacial score (nSPS) is 13.9. The fourth-order valence-electron chi connectivity index (χ4n) is 3.66. The largest absolute Gasteiger partial charge is 0.508 e. The summed E-state index contributed by atoms with van der Waals surface area (Å²) in [5.74, 6) is 2.19.